The van der Waals surface area contributed by atoms with Gasteiger partial charge in [0.15, 0.2) is 5.82 Å². The van der Waals surface area contributed by atoms with Gasteiger partial charge in [0.05, 0.1) is 24.8 Å². The van der Waals surface area contributed by atoms with Gasteiger partial charge in [-0.15, -0.1) is 0 Å². The predicted octanol–water partition coefficient (Wildman–Crippen LogP) is 4.06. The number of carbonyl (C=O) groups is 1. The van der Waals surface area contributed by atoms with Crippen molar-refractivity contribution in [3.05, 3.63) is 58.6 Å². The summed E-state index contributed by atoms with van der Waals surface area (Å²) in [5.41, 5.74) is 1.39. The molecule has 0 spiro atoms. The van der Waals surface area contributed by atoms with Crippen molar-refractivity contribution in [2.24, 2.45) is 0 Å². The molecule has 30 heavy (non-hydrogen) atoms. The first-order valence-corrected chi connectivity index (χ1v) is 9.64. The van der Waals surface area contributed by atoms with E-state index < -0.39 is 5.82 Å². The monoisotopic (exact) mass is 431 g/mol. The fraction of sp³-hybridized carbons (Fsp3) is 0.286. The Morgan fingerprint density at radius 2 is 2.07 bits per heavy atom. The Kier molecular flexibility index (Phi) is 5.59. The Hall–Kier alpha value is -3.13. The van der Waals surface area contributed by atoms with E-state index in [2.05, 4.69) is 10.1 Å². The highest BCUT2D eigenvalue weighted by Gasteiger charge is 2.34. The van der Waals surface area contributed by atoms with E-state index in [9.17, 15) is 9.18 Å². The van der Waals surface area contributed by atoms with Crippen LogP contribution in [0.1, 0.15) is 23.7 Å². The molecule has 4 rings (SSSR count). The Morgan fingerprint density at radius 3 is 2.80 bits per heavy atom. The van der Waals surface area contributed by atoms with Crippen molar-refractivity contribution in [2.75, 3.05) is 20.8 Å². The number of ether oxygens (including phenoxy) is 2. The third-order valence-corrected chi connectivity index (χ3v) is 5.31. The van der Waals surface area contributed by atoms with Crippen LogP contribution in [0.5, 0.6) is 11.5 Å². The van der Waals surface area contributed by atoms with Crippen molar-refractivity contribution in [3.8, 4) is 23.0 Å². The van der Waals surface area contributed by atoms with Crippen LogP contribution in [0.3, 0.4) is 0 Å². The van der Waals surface area contributed by atoms with E-state index in [1.165, 1.54) is 12.1 Å². The normalized spacial score (nSPS) is 16.2. The number of nitrogens with zero attached hydrogens (tertiary/aromatic N) is 3. The van der Waals surface area contributed by atoms with E-state index >= 15 is 0 Å². The quantitative estimate of drug-likeness (QED) is 0.585. The molecule has 0 radical (unpaired) electrons. The number of hydrogen-bond donors (Lipinski definition) is 0. The lowest BCUT2D eigenvalue weighted by Crippen LogP contribution is -2.24. The molecule has 0 aliphatic carbocycles. The number of hydrogen-bond acceptors (Lipinski definition) is 6. The van der Waals surface area contributed by atoms with Gasteiger partial charge in [-0.1, -0.05) is 22.8 Å². The van der Waals surface area contributed by atoms with Crippen LogP contribution in [0, 0.1) is 5.82 Å². The Bertz CT molecular complexity index is 1090. The van der Waals surface area contributed by atoms with Crippen molar-refractivity contribution in [1.29, 1.82) is 0 Å². The summed E-state index contributed by atoms with van der Waals surface area (Å²) in [5, 5.41) is 4.11. The van der Waals surface area contributed by atoms with Crippen LogP contribution in [0.2, 0.25) is 5.02 Å². The van der Waals surface area contributed by atoms with E-state index in [1.807, 2.05) is 0 Å². The number of likely N-dealkylation sites (tertiary alicyclic amines) is 1. The molecule has 9 heteroatoms. The lowest BCUT2D eigenvalue weighted by Gasteiger charge is -2.16. The molecule has 0 saturated carbocycles. The number of halogens is 2. The SMILES string of the molecule is COc1ccc(-c2nc(C3CC(=O)N(Cc4ccc(F)c(Cl)c4)C3)no2)c(OC)c1. The minimum absolute atomic E-state index is 0.0335. The van der Waals surface area contributed by atoms with Crippen molar-refractivity contribution < 1.29 is 23.2 Å². The molecule has 3 aromatic rings. The van der Waals surface area contributed by atoms with Crippen molar-refractivity contribution in [2.45, 2.75) is 18.9 Å². The molecule has 7 nitrogen and oxygen atoms in total. The van der Waals surface area contributed by atoms with Gasteiger partial charge < -0.3 is 18.9 Å². The first-order chi connectivity index (χ1) is 14.5. The first-order valence-electron chi connectivity index (χ1n) is 9.26. The van der Waals surface area contributed by atoms with Crippen LogP contribution >= 0.6 is 11.6 Å². The largest absolute Gasteiger partial charge is 0.497 e. The van der Waals surface area contributed by atoms with Gasteiger partial charge in [-0.05, 0) is 29.8 Å². The average molecular weight is 432 g/mol. The highest BCUT2D eigenvalue weighted by atomic mass is 35.5. The summed E-state index contributed by atoms with van der Waals surface area (Å²) >= 11 is 5.84. The summed E-state index contributed by atoms with van der Waals surface area (Å²) in [6.45, 7) is 0.777. The molecule has 1 amide bonds. The average Bonchev–Trinajstić information content (AvgIpc) is 3.37. The van der Waals surface area contributed by atoms with Crippen LogP contribution in [0.4, 0.5) is 4.39 Å². The second-order valence-corrected chi connectivity index (χ2v) is 7.35. The number of carbonyl (C=O) groups excluding carboxylic acids is 1. The zero-order chi connectivity index (χ0) is 21.3. The Balaban J connectivity index is 1.50. The molecule has 2 aromatic carbocycles. The smallest absolute Gasteiger partial charge is 0.261 e. The van der Waals surface area contributed by atoms with Crippen LogP contribution < -0.4 is 9.47 Å². The maximum Gasteiger partial charge on any atom is 0.261 e. The summed E-state index contributed by atoms with van der Waals surface area (Å²) < 4.78 is 29.4. The minimum Gasteiger partial charge on any atom is -0.497 e. The number of benzene rings is 2. The summed E-state index contributed by atoms with van der Waals surface area (Å²) in [6, 6.07) is 9.72. The molecule has 2 heterocycles. The Labute approximate surface area is 177 Å². The minimum atomic E-state index is -0.487. The van der Waals surface area contributed by atoms with Gasteiger partial charge in [0.1, 0.15) is 17.3 Å². The lowest BCUT2D eigenvalue weighted by atomic mass is 10.1. The zero-order valence-corrected chi connectivity index (χ0v) is 17.1. The van der Waals surface area contributed by atoms with E-state index in [4.69, 9.17) is 25.6 Å². The van der Waals surface area contributed by atoms with Crippen LogP contribution in [0.15, 0.2) is 40.9 Å². The van der Waals surface area contributed by atoms with Gasteiger partial charge in [0.25, 0.3) is 5.89 Å². The molecule has 1 atom stereocenters. The van der Waals surface area contributed by atoms with Crippen molar-refractivity contribution >= 4 is 17.5 Å². The molecular weight excluding hydrogens is 413 g/mol. The van der Waals surface area contributed by atoms with Crippen LogP contribution in [0.25, 0.3) is 11.5 Å². The number of aromatic nitrogens is 2. The third kappa shape index (κ3) is 3.95. The molecule has 1 saturated heterocycles. The second-order valence-electron chi connectivity index (χ2n) is 6.95. The molecule has 1 aliphatic rings. The lowest BCUT2D eigenvalue weighted by molar-refractivity contribution is -0.128. The molecule has 1 aliphatic heterocycles. The number of amides is 1. The first kappa shape index (κ1) is 20.2. The highest BCUT2D eigenvalue weighted by Crippen LogP contribution is 2.34. The predicted molar refractivity (Wildman–Crippen MR) is 107 cm³/mol. The van der Waals surface area contributed by atoms with Crippen LogP contribution in [-0.2, 0) is 11.3 Å². The van der Waals surface area contributed by atoms with E-state index in [0.717, 1.165) is 5.56 Å². The number of rotatable bonds is 6. The maximum absolute atomic E-state index is 13.4. The van der Waals surface area contributed by atoms with E-state index in [-0.39, 0.29) is 23.3 Å². The molecule has 156 valence electrons. The molecule has 0 bridgehead atoms. The topological polar surface area (TPSA) is 77.7 Å². The maximum atomic E-state index is 13.4. The van der Waals surface area contributed by atoms with E-state index in [1.54, 1.807) is 43.4 Å². The molecule has 0 N–H and O–H groups in total. The molecular formula is C21H19ClFN3O4. The van der Waals surface area contributed by atoms with Crippen LogP contribution in [-0.4, -0.2) is 41.7 Å². The fourth-order valence-corrected chi connectivity index (χ4v) is 3.64. The molecule has 1 unspecified atom stereocenters. The highest BCUT2D eigenvalue weighted by molar-refractivity contribution is 6.30. The van der Waals surface area contributed by atoms with Gasteiger partial charge in [0, 0.05) is 31.5 Å². The summed E-state index contributed by atoms with van der Waals surface area (Å²) in [6.07, 6.45) is 0.271. The van der Waals surface area contributed by atoms with Gasteiger partial charge in [-0.3, -0.25) is 4.79 Å². The van der Waals surface area contributed by atoms with Crippen molar-refractivity contribution in [3.63, 3.8) is 0 Å². The standard InChI is InChI=1S/C21H19ClFN3O4/c1-28-14-4-5-15(18(9-14)29-2)21-24-20(25-30-21)13-8-19(27)26(11-13)10-12-3-6-17(23)16(22)7-12/h3-7,9,13H,8,10-11H2,1-2H3. The van der Waals surface area contributed by atoms with E-state index in [0.29, 0.717) is 41.9 Å². The summed E-state index contributed by atoms with van der Waals surface area (Å²) in [4.78, 5) is 18.6. The summed E-state index contributed by atoms with van der Waals surface area (Å²) in [7, 11) is 3.12. The van der Waals surface area contributed by atoms with Gasteiger partial charge >= 0.3 is 0 Å². The van der Waals surface area contributed by atoms with Gasteiger partial charge in [0.2, 0.25) is 5.91 Å². The summed E-state index contributed by atoms with van der Waals surface area (Å²) in [5.74, 6) is 1.23. The fourth-order valence-electron chi connectivity index (χ4n) is 3.44. The third-order valence-electron chi connectivity index (χ3n) is 5.02. The van der Waals surface area contributed by atoms with Crippen molar-refractivity contribution in [1.82, 2.24) is 15.0 Å². The van der Waals surface area contributed by atoms with Gasteiger partial charge in [-0.2, -0.15) is 4.98 Å². The number of methoxy groups -OCH3 is 2. The van der Waals surface area contributed by atoms with Gasteiger partial charge in [-0.25, -0.2) is 4.39 Å². The molecule has 1 aromatic heterocycles. The Morgan fingerprint density at radius 1 is 1.23 bits per heavy atom. The second kappa shape index (κ2) is 8.31. The zero-order valence-electron chi connectivity index (χ0n) is 16.4. The molecule has 1 fully saturated rings.